The van der Waals surface area contributed by atoms with Gasteiger partial charge in [-0.3, -0.25) is 9.59 Å². The Kier molecular flexibility index (Phi) is 2.76. The lowest BCUT2D eigenvalue weighted by Crippen LogP contribution is -2.58. The Balaban J connectivity index is 1.62. The van der Waals surface area contributed by atoms with E-state index in [4.69, 9.17) is 4.74 Å². The molecule has 0 aromatic rings. The fourth-order valence-corrected chi connectivity index (χ4v) is 6.76. The van der Waals surface area contributed by atoms with Gasteiger partial charge >= 0.3 is 0 Å². The molecule has 0 aromatic carbocycles. The summed E-state index contributed by atoms with van der Waals surface area (Å²) >= 11 is 0. The Bertz CT molecular complexity index is 808. The summed E-state index contributed by atoms with van der Waals surface area (Å²) in [6.07, 6.45) is 7.91. The molecule has 1 heterocycles. The smallest absolute Gasteiger partial charge is 0.178 e. The first-order chi connectivity index (χ1) is 11.7. The van der Waals surface area contributed by atoms with Gasteiger partial charge in [-0.05, 0) is 68.2 Å². The van der Waals surface area contributed by atoms with Crippen LogP contribution >= 0.6 is 0 Å². The molecule has 5 rings (SSSR count). The molecule has 25 heavy (non-hydrogen) atoms. The quantitative estimate of drug-likeness (QED) is 0.685. The third-order valence-corrected chi connectivity index (χ3v) is 7.88. The summed E-state index contributed by atoms with van der Waals surface area (Å²) in [7, 11) is 0. The van der Waals surface area contributed by atoms with Gasteiger partial charge in [-0.2, -0.15) is 0 Å². The first-order valence-corrected chi connectivity index (χ1v) is 9.23. The molecule has 1 saturated heterocycles. The van der Waals surface area contributed by atoms with Crippen molar-refractivity contribution in [2.75, 3.05) is 0 Å². The number of carbonyl (C=O) groups is 2. The lowest BCUT2D eigenvalue weighted by atomic mass is 9.47. The number of carbonyl (C=O) groups excluding carboxylic acids is 2. The number of hydrogen-bond donors (Lipinski definition) is 0. The summed E-state index contributed by atoms with van der Waals surface area (Å²) < 4.78 is 21.5. The van der Waals surface area contributed by atoms with E-state index in [1.54, 1.807) is 13.0 Å². The maximum atomic E-state index is 15.1. The molecule has 1 spiro atoms. The molecular weight excluding hydrogens is 319 g/mol. The average molecular weight is 342 g/mol. The maximum absolute atomic E-state index is 15.1. The second-order valence-electron chi connectivity index (χ2n) is 8.88. The Labute approximate surface area is 147 Å². The fourth-order valence-electron chi connectivity index (χ4n) is 6.76. The van der Waals surface area contributed by atoms with Crippen LogP contribution in [0.15, 0.2) is 35.5 Å². The molecule has 0 amide bonds. The van der Waals surface area contributed by atoms with Crippen LogP contribution in [0.1, 0.15) is 40.0 Å². The minimum absolute atomic E-state index is 0.0263. The third kappa shape index (κ3) is 1.61. The van der Waals surface area contributed by atoms with Gasteiger partial charge in [0.15, 0.2) is 11.6 Å². The van der Waals surface area contributed by atoms with Crippen LogP contribution in [-0.4, -0.2) is 29.4 Å². The van der Waals surface area contributed by atoms with Crippen molar-refractivity contribution in [3.63, 3.8) is 0 Å². The average Bonchev–Trinajstić information content (AvgIpc) is 3.15. The van der Waals surface area contributed by atoms with Crippen molar-refractivity contribution in [3.8, 4) is 0 Å². The van der Waals surface area contributed by atoms with Gasteiger partial charge in [-0.1, -0.05) is 19.1 Å². The first-order valence-electron chi connectivity index (χ1n) is 9.23. The zero-order chi connectivity index (χ0) is 17.8. The van der Waals surface area contributed by atoms with E-state index >= 15 is 4.39 Å². The Hall–Kier alpha value is -1.55. The molecule has 3 nitrogen and oxygen atoms in total. The number of halogens is 1. The summed E-state index contributed by atoms with van der Waals surface area (Å²) in [5.74, 6) is 0.289. The second-order valence-corrected chi connectivity index (χ2v) is 8.88. The van der Waals surface area contributed by atoms with E-state index in [1.807, 2.05) is 13.0 Å². The highest BCUT2D eigenvalue weighted by molar-refractivity contribution is 6.01. The molecular formula is C21H23FO3. The first kappa shape index (κ1) is 15.7. The molecule has 0 aromatic heterocycles. The zero-order valence-electron chi connectivity index (χ0n) is 14.8. The molecule has 7 atom stereocenters. The summed E-state index contributed by atoms with van der Waals surface area (Å²) in [6.45, 7) is 5.81. The van der Waals surface area contributed by atoms with Gasteiger partial charge in [0.1, 0.15) is 11.8 Å². The van der Waals surface area contributed by atoms with Gasteiger partial charge in [0, 0.05) is 10.8 Å². The molecule has 3 fully saturated rings. The standard InChI is InChI=1S/C21H23FO3/c1-11(23)13-4-5-14-15-9-17(22)16-8-12(24)6-7-20(16,3)21(15)18(25-21)10-19(13,14)2/h4,6-8,14-15,17-18H,5,9-10H2,1-3H3/t14-,15-,17-,18-,19+,20-,21+/m0/s1. The largest absolute Gasteiger partial charge is 0.364 e. The van der Waals surface area contributed by atoms with Gasteiger partial charge in [0.05, 0.1) is 6.10 Å². The SMILES string of the molecule is CC(=O)C1=CC[C@H]2[C@@H]3C[C@H](F)C4=CC(=O)C=C[C@]4(C)[C@@]34O[C@H]4C[C@]12C. The molecule has 0 bridgehead atoms. The van der Waals surface area contributed by atoms with Crippen LogP contribution in [0.5, 0.6) is 0 Å². The van der Waals surface area contributed by atoms with Crippen LogP contribution in [0.2, 0.25) is 0 Å². The number of allylic oxidation sites excluding steroid dienone is 4. The van der Waals surface area contributed by atoms with Crippen LogP contribution in [0.4, 0.5) is 4.39 Å². The normalized spacial score (nSPS) is 52.4. The van der Waals surface area contributed by atoms with Crippen LogP contribution in [0.25, 0.3) is 0 Å². The van der Waals surface area contributed by atoms with Gasteiger partial charge < -0.3 is 4.74 Å². The highest BCUT2D eigenvalue weighted by Crippen LogP contribution is 2.74. The third-order valence-electron chi connectivity index (χ3n) is 7.88. The second kappa shape index (κ2) is 4.40. The molecule has 2 saturated carbocycles. The summed E-state index contributed by atoms with van der Waals surface area (Å²) in [6, 6.07) is 0. The van der Waals surface area contributed by atoms with E-state index in [9.17, 15) is 9.59 Å². The number of fused-ring (bicyclic) bond motifs is 3. The Morgan fingerprint density at radius 3 is 2.80 bits per heavy atom. The molecule has 4 aliphatic carbocycles. The van der Waals surface area contributed by atoms with Crippen molar-refractivity contribution in [2.45, 2.75) is 57.9 Å². The minimum atomic E-state index is -1.12. The number of rotatable bonds is 1. The van der Waals surface area contributed by atoms with Crippen LogP contribution in [-0.2, 0) is 14.3 Å². The van der Waals surface area contributed by atoms with E-state index < -0.39 is 17.2 Å². The van der Waals surface area contributed by atoms with E-state index in [0.717, 1.165) is 18.4 Å². The molecule has 0 radical (unpaired) electrons. The molecule has 0 unspecified atom stereocenters. The summed E-state index contributed by atoms with van der Waals surface area (Å²) in [5, 5.41) is 0. The molecule has 4 heteroatoms. The van der Waals surface area contributed by atoms with Crippen molar-refractivity contribution < 1.29 is 18.7 Å². The predicted molar refractivity (Wildman–Crippen MR) is 90.5 cm³/mol. The molecule has 1 aliphatic heterocycles. The van der Waals surface area contributed by atoms with Crippen molar-refractivity contribution in [1.29, 1.82) is 0 Å². The van der Waals surface area contributed by atoms with Crippen molar-refractivity contribution >= 4 is 11.6 Å². The summed E-state index contributed by atoms with van der Waals surface area (Å²) in [4.78, 5) is 24.0. The van der Waals surface area contributed by atoms with Crippen molar-refractivity contribution in [3.05, 3.63) is 35.5 Å². The minimum Gasteiger partial charge on any atom is -0.364 e. The highest BCUT2D eigenvalue weighted by Gasteiger charge is 2.79. The number of hydrogen-bond acceptors (Lipinski definition) is 3. The molecule has 132 valence electrons. The van der Waals surface area contributed by atoms with E-state index in [-0.39, 0.29) is 34.9 Å². The van der Waals surface area contributed by atoms with Crippen LogP contribution < -0.4 is 0 Å². The van der Waals surface area contributed by atoms with Crippen LogP contribution in [0, 0.1) is 22.7 Å². The summed E-state index contributed by atoms with van der Waals surface area (Å²) in [5.41, 5.74) is 0.294. The fraction of sp³-hybridized carbons (Fsp3) is 0.619. The van der Waals surface area contributed by atoms with Crippen molar-refractivity contribution in [1.82, 2.24) is 0 Å². The van der Waals surface area contributed by atoms with Crippen molar-refractivity contribution in [2.24, 2.45) is 22.7 Å². The maximum Gasteiger partial charge on any atom is 0.178 e. The molecule has 0 N–H and O–H groups in total. The monoisotopic (exact) mass is 342 g/mol. The lowest BCUT2D eigenvalue weighted by molar-refractivity contribution is -0.115. The number of epoxide rings is 1. The Morgan fingerprint density at radius 1 is 1.32 bits per heavy atom. The van der Waals surface area contributed by atoms with Gasteiger partial charge in [-0.15, -0.1) is 0 Å². The van der Waals surface area contributed by atoms with E-state index in [1.165, 1.54) is 6.08 Å². The number of ether oxygens (including phenoxy) is 1. The number of alkyl halides is 1. The topological polar surface area (TPSA) is 46.7 Å². The lowest BCUT2D eigenvalue weighted by Gasteiger charge is -2.54. The van der Waals surface area contributed by atoms with Crippen LogP contribution in [0.3, 0.4) is 0 Å². The van der Waals surface area contributed by atoms with Gasteiger partial charge in [0.2, 0.25) is 0 Å². The zero-order valence-corrected chi connectivity index (χ0v) is 14.8. The highest BCUT2D eigenvalue weighted by atomic mass is 19.1. The van der Waals surface area contributed by atoms with E-state index in [2.05, 4.69) is 13.0 Å². The number of Topliss-reactive ketones (excluding diaryl/α,β-unsaturated/α-hetero) is 1. The van der Waals surface area contributed by atoms with E-state index in [0.29, 0.717) is 12.0 Å². The predicted octanol–water partition coefficient (Wildman–Crippen LogP) is 3.50. The van der Waals surface area contributed by atoms with Gasteiger partial charge in [-0.25, -0.2) is 4.39 Å². The van der Waals surface area contributed by atoms with Gasteiger partial charge in [0.25, 0.3) is 0 Å². The molecule has 5 aliphatic rings. The Morgan fingerprint density at radius 2 is 2.08 bits per heavy atom. The number of ketones is 2.